The highest BCUT2D eigenvalue weighted by Crippen LogP contribution is 2.41. The van der Waals surface area contributed by atoms with Crippen LogP contribution in [0.4, 0.5) is 22.7 Å². The lowest BCUT2D eigenvalue weighted by Gasteiger charge is -2.12. The largest absolute Gasteiger partial charge is 0.505 e. The number of hydrogen-bond donors (Lipinski definition) is 4. The smallest absolute Gasteiger partial charge is 0.294 e. The highest BCUT2D eigenvalue weighted by atomic mass is 32.2. The number of phenolic OH excluding ortho intramolecular Hbond substituents is 1. The number of phenols is 1. The molecule has 3 rings (SSSR count). The van der Waals surface area contributed by atoms with Gasteiger partial charge in [-0.15, -0.1) is 5.11 Å². The van der Waals surface area contributed by atoms with Crippen molar-refractivity contribution in [2.75, 3.05) is 10.6 Å². The molecule has 0 fully saturated rings. The van der Waals surface area contributed by atoms with Crippen LogP contribution in [-0.2, 0) is 19.7 Å². The van der Waals surface area contributed by atoms with E-state index in [1.807, 2.05) is 0 Å². The van der Waals surface area contributed by atoms with Gasteiger partial charge in [-0.25, -0.2) is 0 Å². The molecule has 11 heteroatoms. The molecule has 0 aromatic heterocycles. The summed E-state index contributed by atoms with van der Waals surface area (Å²) in [5, 5.41) is 24.2. The van der Waals surface area contributed by atoms with Gasteiger partial charge in [0.05, 0.1) is 16.3 Å². The second kappa shape index (κ2) is 8.50. The minimum atomic E-state index is -4.53. The average molecular weight is 442 g/mol. The van der Waals surface area contributed by atoms with Crippen molar-refractivity contribution in [3.8, 4) is 5.75 Å². The fourth-order valence-corrected chi connectivity index (χ4v) is 3.40. The van der Waals surface area contributed by atoms with Crippen LogP contribution in [-0.4, -0.2) is 29.9 Å². The number of amides is 2. The maximum absolute atomic E-state index is 11.5. The summed E-state index contributed by atoms with van der Waals surface area (Å²) in [5.74, 6) is -1.04. The van der Waals surface area contributed by atoms with Crippen LogP contribution in [0.3, 0.4) is 0 Å². The zero-order valence-corrected chi connectivity index (χ0v) is 17.3. The molecule has 0 radical (unpaired) electrons. The van der Waals surface area contributed by atoms with Crippen molar-refractivity contribution < 1.29 is 27.7 Å². The predicted molar refractivity (Wildman–Crippen MR) is 115 cm³/mol. The molecule has 160 valence electrons. The zero-order valence-electron chi connectivity index (χ0n) is 16.4. The Balaban J connectivity index is 2.04. The number of carbonyl (C=O) groups excluding carboxylic acids is 2. The standard InChI is InChI=1S/C20H18N4O6S/c1-11(25)21-14-4-6-15(7-5-14)23-24-17-8-3-13-9-16(31(28,29)30)10-18(22-12(2)26)19(13)20(17)27/h3-10,27H,1-2H3,(H,21,25)(H,22,26)(H,28,29,30)/b24-23+. The number of carbonyl (C=O) groups is 2. The minimum Gasteiger partial charge on any atom is -0.505 e. The van der Waals surface area contributed by atoms with Gasteiger partial charge in [0.15, 0.2) is 5.75 Å². The highest BCUT2D eigenvalue weighted by Gasteiger charge is 2.18. The van der Waals surface area contributed by atoms with Crippen molar-refractivity contribution in [2.24, 2.45) is 10.2 Å². The molecule has 31 heavy (non-hydrogen) atoms. The third-order valence-electron chi connectivity index (χ3n) is 4.11. The van der Waals surface area contributed by atoms with Crippen LogP contribution in [0.1, 0.15) is 13.8 Å². The Kier molecular flexibility index (Phi) is 5.99. The Hall–Kier alpha value is -3.83. The quantitative estimate of drug-likeness (QED) is 0.344. The van der Waals surface area contributed by atoms with E-state index in [1.165, 1.54) is 26.0 Å². The molecule has 0 heterocycles. The third-order valence-corrected chi connectivity index (χ3v) is 4.94. The van der Waals surface area contributed by atoms with Crippen molar-refractivity contribution in [3.63, 3.8) is 0 Å². The van der Waals surface area contributed by atoms with Gasteiger partial charge in [-0.1, -0.05) is 6.07 Å². The van der Waals surface area contributed by atoms with E-state index in [4.69, 9.17) is 0 Å². The van der Waals surface area contributed by atoms with Crippen LogP contribution in [0.2, 0.25) is 0 Å². The molecule has 10 nitrogen and oxygen atoms in total. The Bertz CT molecular complexity index is 1320. The maximum Gasteiger partial charge on any atom is 0.294 e. The lowest BCUT2D eigenvalue weighted by molar-refractivity contribution is -0.115. The number of fused-ring (bicyclic) bond motifs is 1. The summed E-state index contributed by atoms with van der Waals surface area (Å²) in [6.07, 6.45) is 0. The average Bonchev–Trinajstić information content (AvgIpc) is 2.66. The molecule has 2 amide bonds. The van der Waals surface area contributed by atoms with Crippen LogP contribution in [0.25, 0.3) is 10.8 Å². The minimum absolute atomic E-state index is 0.00756. The van der Waals surface area contributed by atoms with Gasteiger partial charge < -0.3 is 15.7 Å². The van der Waals surface area contributed by atoms with E-state index in [0.717, 1.165) is 12.1 Å². The number of azo groups is 1. The fraction of sp³-hybridized carbons (Fsp3) is 0.100. The maximum atomic E-state index is 11.5. The van der Waals surface area contributed by atoms with Gasteiger partial charge in [0, 0.05) is 24.9 Å². The molecule has 3 aromatic carbocycles. The zero-order chi connectivity index (χ0) is 22.8. The molecule has 3 aromatic rings. The first-order chi connectivity index (χ1) is 14.5. The molecule has 0 atom stereocenters. The molecular formula is C20H18N4O6S. The van der Waals surface area contributed by atoms with Gasteiger partial charge in [0.2, 0.25) is 11.8 Å². The molecule has 0 aliphatic heterocycles. The van der Waals surface area contributed by atoms with Gasteiger partial charge >= 0.3 is 0 Å². The van der Waals surface area contributed by atoms with Gasteiger partial charge in [-0.05, 0) is 47.9 Å². The molecule has 0 bridgehead atoms. The Morgan fingerprint density at radius 3 is 2.13 bits per heavy atom. The van der Waals surface area contributed by atoms with E-state index < -0.39 is 20.9 Å². The molecule has 0 spiro atoms. The summed E-state index contributed by atoms with van der Waals surface area (Å²) < 4.78 is 32.4. The van der Waals surface area contributed by atoms with Crippen LogP contribution in [0.15, 0.2) is 63.7 Å². The lowest BCUT2D eigenvalue weighted by atomic mass is 10.1. The number of nitrogens with zero attached hydrogens (tertiary/aromatic N) is 2. The van der Waals surface area contributed by atoms with Crippen LogP contribution >= 0.6 is 0 Å². The molecular weight excluding hydrogens is 424 g/mol. The number of rotatable bonds is 5. The summed E-state index contributed by atoms with van der Waals surface area (Å²) in [4.78, 5) is 22.2. The summed E-state index contributed by atoms with van der Waals surface area (Å²) in [7, 11) is -4.53. The first-order valence-electron chi connectivity index (χ1n) is 8.89. The monoisotopic (exact) mass is 442 g/mol. The van der Waals surface area contributed by atoms with E-state index in [9.17, 15) is 27.7 Å². The van der Waals surface area contributed by atoms with Crippen molar-refractivity contribution in [2.45, 2.75) is 18.7 Å². The van der Waals surface area contributed by atoms with Gasteiger partial charge in [-0.3, -0.25) is 14.1 Å². The molecule has 0 saturated carbocycles. The van der Waals surface area contributed by atoms with Crippen molar-refractivity contribution in [3.05, 3.63) is 48.5 Å². The summed E-state index contributed by atoms with van der Waals surface area (Å²) in [6, 6.07) is 11.6. The number of anilines is 2. The number of hydrogen-bond acceptors (Lipinski definition) is 7. The molecule has 0 aliphatic rings. The summed E-state index contributed by atoms with van der Waals surface area (Å²) in [5.41, 5.74) is 1.11. The predicted octanol–water partition coefficient (Wildman–Crippen LogP) is 4.12. The molecule has 0 unspecified atom stereocenters. The lowest BCUT2D eigenvalue weighted by Crippen LogP contribution is -2.08. The van der Waals surface area contributed by atoms with Crippen molar-refractivity contribution >= 4 is 55.5 Å². The van der Waals surface area contributed by atoms with Crippen LogP contribution in [0, 0.1) is 0 Å². The second-order valence-electron chi connectivity index (χ2n) is 6.59. The van der Waals surface area contributed by atoms with Gasteiger partial charge in [-0.2, -0.15) is 13.5 Å². The summed E-state index contributed by atoms with van der Waals surface area (Å²) >= 11 is 0. The van der Waals surface area contributed by atoms with E-state index >= 15 is 0 Å². The second-order valence-corrected chi connectivity index (χ2v) is 8.01. The number of aromatic hydroxyl groups is 1. The van der Waals surface area contributed by atoms with Crippen LogP contribution in [0.5, 0.6) is 5.75 Å². The fourth-order valence-electron chi connectivity index (χ4n) is 2.85. The normalized spacial score (nSPS) is 11.6. The Labute approximate surface area is 177 Å². The van der Waals surface area contributed by atoms with E-state index in [1.54, 1.807) is 24.3 Å². The first kappa shape index (κ1) is 21.9. The van der Waals surface area contributed by atoms with Crippen molar-refractivity contribution in [1.29, 1.82) is 0 Å². The topological polar surface area (TPSA) is 158 Å². The first-order valence-corrected chi connectivity index (χ1v) is 10.3. The highest BCUT2D eigenvalue weighted by molar-refractivity contribution is 7.85. The molecule has 4 N–H and O–H groups in total. The Morgan fingerprint density at radius 2 is 1.55 bits per heavy atom. The van der Waals surface area contributed by atoms with E-state index in [0.29, 0.717) is 11.4 Å². The van der Waals surface area contributed by atoms with Crippen molar-refractivity contribution in [1.82, 2.24) is 0 Å². The number of nitrogens with one attached hydrogen (secondary N) is 2. The summed E-state index contributed by atoms with van der Waals surface area (Å²) in [6.45, 7) is 2.61. The molecule has 0 aliphatic carbocycles. The molecule has 0 saturated heterocycles. The SMILES string of the molecule is CC(=O)Nc1ccc(/N=N/c2ccc3cc(S(=O)(=O)O)cc(NC(C)=O)c3c2O)cc1. The van der Waals surface area contributed by atoms with Gasteiger partial charge in [0.1, 0.15) is 5.69 Å². The number of benzene rings is 3. The van der Waals surface area contributed by atoms with E-state index in [2.05, 4.69) is 20.9 Å². The Morgan fingerprint density at radius 1 is 0.903 bits per heavy atom. The van der Waals surface area contributed by atoms with Gasteiger partial charge in [0.25, 0.3) is 10.1 Å². The van der Waals surface area contributed by atoms with E-state index in [-0.39, 0.29) is 33.8 Å². The van der Waals surface area contributed by atoms with Crippen LogP contribution < -0.4 is 10.6 Å². The third kappa shape index (κ3) is 5.21.